The molecule has 0 aliphatic carbocycles. The largest absolute Gasteiger partial charge is 0.750 e. The first kappa shape index (κ1) is 11.4. The van der Waals surface area contributed by atoms with Gasteiger partial charge in [0.15, 0.2) is 0 Å². The average Bonchev–Trinajstić information content (AvgIpc) is 1.84. The van der Waals surface area contributed by atoms with Gasteiger partial charge in [-0.25, -0.2) is 0 Å². The first-order valence-electron chi connectivity index (χ1n) is 2.64. The Hall–Kier alpha value is -0.580. The fourth-order valence-electron chi connectivity index (χ4n) is 0.341. The van der Waals surface area contributed by atoms with E-state index in [0.29, 0.717) is 0 Å². The van der Waals surface area contributed by atoms with E-state index in [2.05, 4.69) is 9.05 Å². The minimum absolute atomic E-state index is 0.0400. The molecule has 0 spiro atoms. The van der Waals surface area contributed by atoms with E-state index in [1.807, 2.05) is 0 Å². The average molecular weight is 215 g/mol. The van der Waals surface area contributed by atoms with Gasteiger partial charge in [-0.3, -0.25) is 0 Å². The summed E-state index contributed by atoms with van der Waals surface area (Å²) >= 11 is 0. The van der Waals surface area contributed by atoms with Crippen molar-refractivity contribution in [3.05, 3.63) is 12.0 Å². The second-order valence-corrected chi connectivity index (χ2v) is 2.73. The summed E-state index contributed by atoms with van der Waals surface area (Å²) in [5, 5.41) is 0. The number of hydrogen-bond acceptors (Lipinski definition) is 5. The van der Waals surface area contributed by atoms with E-state index in [0.717, 1.165) is 6.08 Å². The highest BCUT2D eigenvalue weighted by atomic mass is 31.1. The third kappa shape index (κ3) is 6.15. The topological polar surface area (TPSA) is 119 Å². The van der Waals surface area contributed by atoms with Gasteiger partial charge in [0.25, 0.3) is 0 Å². The number of nitrogens with two attached hydrogens (primary N) is 1. The van der Waals surface area contributed by atoms with Crippen LogP contribution in [-0.2, 0) is 18.2 Å². The van der Waals surface area contributed by atoms with Crippen molar-refractivity contribution in [2.45, 2.75) is 0 Å². The molecule has 0 bridgehead atoms. The molecule has 0 aromatic heterocycles. The predicted molar refractivity (Wildman–Crippen MR) is 39.0 cm³/mol. The van der Waals surface area contributed by atoms with Crippen LogP contribution in [0.4, 0.5) is 0 Å². The van der Waals surface area contributed by atoms with Crippen molar-refractivity contribution in [3.63, 3.8) is 0 Å². The Bertz CT molecular complexity index is 197. The lowest BCUT2D eigenvalue weighted by Gasteiger charge is -1.86. The van der Waals surface area contributed by atoms with Crippen LogP contribution in [0.3, 0.4) is 0 Å². The summed E-state index contributed by atoms with van der Waals surface area (Å²) in [6.07, 6.45) is 1.05. The fourth-order valence-corrected chi connectivity index (χ4v) is 0.932. The SMILES string of the molecule is NCC=C(O[P+](=O)O)O[P+](=O)O. The Morgan fingerprint density at radius 3 is 2.00 bits per heavy atom. The molecule has 4 N–H and O–H groups in total. The molecule has 0 rings (SSSR count). The van der Waals surface area contributed by atoms with Crippen molar-refractivity contribution in [1.82, 2.24) is 0 Å². The zero-order valence-corrected chi connectivity index (χ0v) is 7.57. The minimum Gasteiger partial charge on any atom is -0.327 e. The summed E-state index contributed by atoms with van der Waals surface area (Å²) in [5.41, 5.74) is 4.99. The van der Waals surface area contributed by atoms with Gasteiger partial charge in [-0.2, -0.15) is 9.05 Å². The maximum atomic E-state index is 10.1. The van der Waals surface area contributed by atoms with Gasteiger partial charge in [-0.05, 0) is 0 Å². The molecule has 0 aliphatic heterocycles. The highest BCUT2D eigenvalue weighted by Gasteiger charge is 2.26. The summed E-state index contributed by atoms with van der Waals surface area (Å²) in [4.78, 5) is 16.4. The van der Waals surface area contributed by atoms with Crippen LogP contribution in [0.15, 0.2) is 12.0 Å². The lowest BCUT2D eigenvalue weighted by molar-refractivity contribution is 0.204. The first-order chi connectivity index (χ1) is 5.56. The molecule has 2 unspecified atom stereocenters. The van der Waals surface area contributed by atoms with Crippen LogP contribution in [0.25, 0.3) is 0 Å². The summed E-state index contributed by atoms with van der Waals surface area (Å²) in [6, 6.07) is 0. The van der Waals surface area contributed by atoms with Gasteiger partial charge in [0, 0.05) is 21.8 Å². The molecule has 0 radical (unpaired) electrons. The Morgan fingerprint density at radius 2 is 1.75 bits per heavy atom. The van der Waals surface area contributed by atoms with Crippen LogP contribution in [0.1, 0.15) is 0 Å². The maximum absolute atomic E-state index is 10.1. The molecule has 0 aliphatic rings. The quantitative estimate of drug-likeness (QED) is 0.440. The van der Waals surface area contributed by atoms with E-state index >= 15 is 0 Å². The van der Waals surface area contributed by atoms with E-state index in [1.165, 1.54) is 0 Å². The van der Waals surface area contributed by atoms with Crippen LogP contribution in [0, 0.1) is 0 Å². The molecule has 0 fully saturated rings. The van der Waals surface area contributed by atoms with Gasteiger partial charge >= 0.3 is 22.5 Å². The Kier molecular flexibility index (Phi) is 5.70. The van der Waals surface area contributed by atoms with Gasteiger partial charge in [-0.15, -0.1) is 9.79 Å². The van der Waals surface area contributed by atoms with E-state index in [9.17, 15) is 9.13 Å². The highest BCUT2D eigenvalue weighted by molar-refractivity contribution is 7.33. The van der Waals surface area contributed by atoms with Gasteiger partial charge < -0.3 is 5.73 Å². The molecule has 0 aromatic rings. The Labute approximate surface area is 69.7 Å². The normalized spacial score (nSPS) is 11.6. The van der Waals surface area contributed by atoms with Crippen molar-refractivity contribution in [1.29, 1.82) is 0 Å². The summed E-state index contributed by atoms with van der Waals surface area (Å²) < 4.78 is 28.3. The summed E-state index contributed by atoms with van der Waals surface area (Å²) in [7, 11) is -5.84. The molecule has 7 nitrogen and oxygen atoms in total. The standard InChI is InChI=1S/C3H5NO6P2/c4-2-1-3(9-11(5)6)10-12(7)8/h1H,2,4H2/p+2. The van der Waals surface area contributed by atoms with Crippen LogP contribution < -0.4 is 5.73 Å². The smallest absolute Gasteiger partial charge is 0.327 e. The molecule has 0 heterocycles. The predicted octanol–water partition coefficient (Wildman–Crippen LogP) is 0.119. The van der Waals surface area contributed by atoms with Crippen molar-refractivity contribution >= 4 is 16.5 Å². The van der Waals surface area contributed by atoms with E-state index < -0.39 is 22.5 Å². The molecule has 12 heavy (non-hydrogen) atoms. The second kappa shape index (κ2) is 5.99. The van der Waals surface area contributed by atoms with Crippen molar-refractivity contribution in [2.24, 2.45) is 5.73 Å². The lowest BCUT2D eigenvalue weighted by atomic mass is 10.6. The minimum atomic E-state index is -2.92. The first-order valence-corrected chi connectivity index (χ1v) is 4.90. The van der Waals surface area contributed by atoms with Crippen LogP contribution in [0.5, 0.6) is 0 Å². The van der Waals surface area contributed by atoms with E-state index in [1.54, 1.807) is 0 Å². The number of rotatable bonds is 5. The molecule has 2 atom stereocenters. The summed E-state index contributed by atoms with van der Waals surface area (Å²) in [6.45, 7) is -0.0400. The third-order valence-corrected chi connectivity index (χ3v) is 1.29. The molecule has 0 saturated carbocycles. The fraction of sp³-hybridized carbons (Fsp3) is 0.333. The molecule has 9 heteroatoms. The monoisotopic (exact) mass is 215 g/mol. The van der Waals surface area contributed by atoms with Gasteiger partial charge in [0.1, 0.15) is 0 Å². The zero-order valence-electron chi connectivity index (χ0n) is 5.78. The molecule has 0 saturated heterocycles. The van der Waals surface area contributed by atoms with Crippen molar-refractivity contribution < 1.29 is 28.0 Å². The maximum Gasteiger partial charge on any atom is 0.750 e. The van der Waals surface area contributed by atoms with Crippen LogP contribution in [-0.4, -0.2) is 16.3 Å². The summed E-state index contributed by atoms with van der Waals surface area (Å²) in [5.74, 6) is -0.537. The third-order valence-electron chi connectivity index (χ3n) is 0.621. The van der Waals surface area contributed by atoms with Crippen LogP contribution >= 0.6 is 16.5 Å². The molecular weight excluding hydrogens is 208 g/mol. The molecule has 68 valence electrons. The molecular formula is C3H7NO6P2+2. The van der Waals surface area contributed by atoms with E-state index in [4.69, 9.17) is 15.5 Å². The molecule has 0 amide bonds. The van der Waals surface area contributed by atoms with Gasteiger partial charge in [0.05, 0.1) is 0 Å². The Morgan fingerprint density at radius 1 is 1.33 bits per heavy atom. The highest BCUT2D eigenvalue weighted by Crippen LogP contribution is 2.28. The lowest BCUT2D eigenvalue weighted by Crippen LogP contribution is -1.97. The van der Waals surface area contributed by atoms with Crippen molar-refractivity contribution in [3.8, 4) is 0 Å². The second-order valence-electron chi connectivity index (χ2n) is 1.42. The van der Waals surface area contributed by atoms with Crippen LogP contribution in [0.2, 0.25) is 0 Å². The Balaban J connectivity index is 4.14. The molecule has 0 aromatic carbocycles. The number of hydrogen-bond donors (Lipinski definition) is 3. The van der Waals surface area contributed by atoms with E-state index in [-0.39, 0.29) is 6.54 Å². The zero-order chi connectivity index (χ0) is 9.56. The van der Waals surface area contributed by atoms with Crippen molar-refractivity contribution in [2.75, 3.05) is 6.54 Å². The van der Waals surface area contributed by atoms with Gasteiger partial charge in [0.2, 0.25) is 0 Å². The van der Waals surface area contributed by atoms with Gasteiger partial charge in [-0.1, -0.05) is 0 Å².